The number of rotatable bonds is 4. The highest BCUT2D eigenvalue weighted by atomic mass is 16.2. The summed E-state index contributed by atoms with van der Waals surface area (Å²) in [6, 6.07) is 3.70. The molecule has 122 valence electrons. The van der Waals surface area contributed by atoms with E-state index < -0.39 is 0 Å². The summed E-state index contributed by atoms with van der Waals surface area (Å²) in [5.41, 5.74) is 0.638. The Morgan fingerprint density at radius 1 is 1.25 bits per heavy atom. The lowest BCUT2D eigenvalue weighted by Crippen LogP contribution is -2.38. The molecule has 3 aromatic rings. The van der Waals surface area contributed by atoms with Gasteiger partial charge in [0.1, 0.15) is 12.1 Å². The number of likely N-dealkylation sites (tertiary alicyclic amines) is 1. The molecule has 4 rings (SSSR count). The summed E-state index contributed by atoms with van der Waals surface area (Å²) in [5, 5.41) is 7.83. The van der Waals surface area contributed by atoms with Crippen LogP contribution in [0.3, 0.4) is 0 Å². The van der Waals surface area contributed by atoms with Gasteiger partial charge in [-0.15, -0.1) is 5.10 Å². The Kier molecular flexibility index (Phi) is 3.78. The van der Waals surface area contributed by atoms with Crippen molar-refractivity contribution >= 4 is 5.91 Å². The van der Waals surface area contributed by atoms with Gasteiger partial charge in [0.05, 0.1) is 18.8 Å². The van der Waals surface area contributed by atoms with E-state index in [1.54, 1.807) is 52.5 Å². The Hall–Kier alpha value is -3.03. The summed E-state index contributed by atoms with van der Waals surface area (Å²) in [6.45, 7) is 1.44. The number of carbonyl (C=O) groups excluding carboxylic acids is 1. The largest absolute Gasteiger partial charge is 0.334 e. The molecule has 4 heterocycles. The van der Waals surface area contributed by atoms with Gasteiger partial charge in [-0.2, -0.15) is 0 Å². The van der Waals surface area contributed by atoms with Gasteiger partial charge in [0, 0.05) is 36.9 Å². The topological polar surface area (TPSA) is 81.7 Å². The predicted octanol–water partition coefficient (Wildman–Crippen LogP) is 1.16. The number of nitrogens with zero attached hydrogens (tertiary/aromatic N) is 7. The number of pyridine rings is 1. The van der Waals surface area contributed by atoms with Crippen molar-refractivity contribution in [2.75, 3.05) is 6.54 Å². The number of imidazole rings is 1. The van der Waals surface area contributed by atoms with E-state index >= 15 is 0 Å². The van der Waals surface area contributed by atoms with Gasteiger partial charge in [-0.1, -0.05) is 5.21 Å². The molecule has 8 nitrogen and oxygen atoms in total. The van der Waals surface area contributed by atoms with Crippen LogP contribution in [0.2, 0.25) is 0 Å². The molecule has 1 atom stereocenters. The van der Waals surface area contributed by atoms with Gasteiger partial charge in [0.15, 0.2) is 0 Å². The lowest BCUT2D eigenvalue weighted by Gasteiger charge is -2.24. The Bertz CT molecular complexity index is 813. The lowest BCUT2D eigenvalue weighted by atomic mass is 10.2. The van der Waals surface area contributed by atoms with Crippen molar-refractivity contribution in [1.29, 1.82) is 0 Å². The third-order valence-corrected chi connectivity index (χ3v) is 4.27. The first-order valence-electron chi connectivity index (χ1n) is 7.91. The SMILES string of the molecule is O=C(c1ccnc(-n2ccnc2)c1)N1CCC[C@H]1Cn1ccnn1. The summed E-state index contributed by atoms with van der Waals surface area (Å²) < 4.78 is 3.56. The van der Waals surface area contributed by atoms with Crippen LogP contribution in [-0.4, -0.2) is 52.9 Å². The maximum atomic E-state index is 12.9. The van der Waals surface area contributed by atoms with E-state index in [0.29, 0.717) is 17.9 Å². The molecule has 1 aliphatic heterocycles. The van der Waals surface area contributed by atoms with Crippen molar-refractivity contribution in [1.82, 2.24) is 34.4 Å². The average molecular weight is 323 g/mol. The summed E-state index contributed by atoms with van der Waals surface area (Å²) in [5.74, 6) is 0.715. The van der Waals surface area contributed by atoms with Crippen molar-refractivity contribution in [3.05, 3.63) is 55.0 Å². The van der Waals surface area contributed by atoms with E-state index in [2.05, 4.69) is 20.3 Å². The van der Waals surface area contributed by atoms with Crippen LogP contribution < -0.4 is 0 Å². The van der Waals surface area contributed by atoms with Gasteiger partial charge in [-0.3, -0.25) is 14.0 Å². The summed E-state index contributed by atoms with van der Waals surface area (Å²) in [4.78, 5) is 23.2. The second-order valence-electron chi connectivity index (χ2n) is 5.79. The van der Waals surface area contributed by atoms with Gasteiger partial charge in [0.2, 0.25) is 0 Å². The standard InChI is InChI=1S/C16H17N7O/c24-16(13-3-4-18-15(10-13)21-8-5-17-12-21)23-7-1-2-14(23)11-22-9-6-19-20-22/h3-6,8-10,12,14H,1-2,7,11H2/t14-/m0/s1. The molecular weight excluding hydrogens is 306 g/mol. The molecule has 0 saturated carbocycles. The molecule has 3 aromatic heterocycles. The number of aromatic nitrogens is 6. The molecule has 1 amide bonds. The van der Waals surface area contributed by atoms with E-state index in [4.69, 9.17) is 0 Å². The van der Waals surface area contributed by atoms with Gasteiger partial charge in [0.25, 0.3) is 5.91 Å². The molecule has 8 heteroatoms. The molecule has 24 heavy (non-hydrogen) atoms. The molecule has 1 saturated heterocycles. The molecule has 0 spiro atoms. The first-order chi connectivity index (χ1) is 11.8. The zero-order valence-electron chi connectivity index (χ0n) is 13.1. The molecule has 0 aromatic carbocycles. The molecule has 0 N–H and O–H groups in total. The Balaban J connectivity index is 1.55. The molecule has 1 aliphatic rings. The quantitative estimate of drug-likeness (QED) is 0.720. The van der Waals surface area contributed by atoms with Gasteiger partial charge in [-0.05, 0) is 25.0 Å². The van der Waals surface area contributed by atoms with Gasteiger partial charge >= 0.3 is 0 Å². The van der Waals surface area contributed by atoms with E-state index in [1.807, 2.05) is 11.1 Å². The summed E-state index contributed by atoms with van der Waals surface area (Å²) in [6.07, 6.45) is 12.3. The predicted molar refractivity (Wildman–Crippen MR) is 85.4 cm³/mol. The highest BCUT2D eigenvalue weighted by Crippen LogP contribution is 2.22. The number of hydrogen-bond acceptors (Lipinski definition) is 5. The molecule has 0 radical (unpaired) electrons. The Morgan fingerprint density at radius 2 is 2.21 bits per heavy atom. The normalized spacial score (nSPS) is 17.3. The number of hydrogen-bond donors (Lipinski definition) is 0. The second kappa shape index (κ2) is 6.23. The lowest BCUT2D eigenvalue weighted by molar-refractivity contribution is 0.0721. The smallest absolute Gasteiger partial charge is 0.254 e. The van der Waals surface area contributed by atoms with Crippen LogP contribution in [-0.2, 0) is 6.54 Å². The van der Waals surface area contributed by atoms with E-state index in [9.17, 15) is 4.79 Å². The fraction of sp³-hybridized carbons (Fsp3) is 0.312. The van der Waals surface area contributed by atoms with Crippen molar-refractivity contribution in [2.45, 2.75) is 25.4 Å². The fourth-order valence-corrected chi connectivity index (χ4v) is 3.09. The molecule has 1 fully saturated rings. The minimum Gasteiger partial charge on any atom is -0.334 e. The van der Waals surface area contributed by atoms with Crippen LogP contribution in [0.5, 0.6) is 0 Å². The third kappa shape index (κ3) is 2.78. The maximum absolute atomic E-state index is 12.9. The molecule has 0 aliphatic carbocycles. The second-order valence-corrected chi connectivity index (χ2v) is 5.79. The van der Waals surface area contributed by atoms with Gasteiger partial charge < -0.3 is 4.90 Å². The zero-order chi connectivity index (χ0) is 16.4. The third-order valence-electron chi connectivity index (χ3n) is 4.27. The van der Waals surface area contributed by atoms with Crippen LogP contribution in [0, 0.1) is 0 Å². The highest BCUT2D eigenvalue weighted by molar-refractivity contribution is 5.94. The Labute approximate surface area is 138 Å². The van der Waals surface area contributed by atoms with Crippen molar-refractivity contribution < 1.29 is 4.79 Å². The van der Waals surface area contributed by atoms with E-state index in [0.717, 1.165) is 19.4 Å². The average Bonchev–Trinajstić information content (AvgIpc) is 3.37. The van der Waals surface area contributed by atoms with Crippen molar-refractivity contribution in [2.24, 2.45) is 0 Å². The van der Waals surface area contributed by atoms with Crippen LogP contribution in [0.1, 0.15) is 23.2 Å². The van der Waals surface area contributed by atoms with E-state index in [-0.39, 0.29) is 11.9 Å². The fourth-order valence-electron chi connectivity index (χ4n) is 3.09. The van der Waals surface area contributed by atoms with Crippen LogP contribution in [0.4, 0.5) is 0 Å². The van der Waals surface area contributed by atoms with Crippen molar-refractivity contribution in [3.8, 4) is 5.82 Å². The number of carbonyl (C=O) groups is 1. The van der Waals surface area contributed by atoms with E-state index in [1.165, 1.54) is 0 Å². The Morgan fingerprint density at radius 3 is 3.00 bits per heavy atom. The van der Waals surface area contributed by atoms with Crippen LogP contribution >= 0.6 is 0 Å². The zero-order valence-corrected chi connectivity index (χ0v) is 13.1. The monoisotopic (exact) mass is 323 g/mol. The minimum atomic E-state index is 0.0291. The summed E-state index contributed by atoms with van der Waals surface area (Å²) in [7, 11) is 0. The summed E-state index contributed by atoms with van der Waals surface area (Å²) >= 11 is 0. The first kappa shape index (κ1) is 14.6. The van der Waals surface area contributed by atoms with Crippen molar-refractivity contribution in [3.63, 3.8) is 0 Å². The molecular formula is C16H17N7O. The number of amides is 1. The highest BCUT2D eigenvalue weighted by Gasteiger charge is 2.30. The molecule has 0 unspecified atom stereocenters. The van der Waals surface area contributed by atoms with Crippen LogP contribution in [0.15, 0.2) is 49.4 Å². The van der Waals surface area contributed by atoms with Gasteiger partial charge in [-0.25, -0.2) is 9.97 Å². The minimum absolute atomic E-state index is 0.0291. The maximum Gasteiger partial charge on any atom is 0.254 e. The first-order valence-corrected chi connectivity index (χ1v) is 7.91. The van der Waals surface area contributed by atoms with Crippen LogP contribution in [0.25, 0.3) is 5.82 Å². The molecule has 0 bridgehead atoms.